The van der Waals surface area contributed by atoms with Gasteiger partial charge in [-0.15, -0.1) is 0 Å². The molecule has 0 radical (unpaired) electrons. The van der Waals surface area contributed by atoms with Crippen molar-refractivity contribution >= 4 is 11.5 Å². The molecule has 2 rings (SSSR count). The van der Waals surface area contributed by atoms with E-state index in [4.69, 9.17) is 0 Å². The van der Waals surface area contributed by atoms with Crippen molar-refractivity contribution in [1.29, 1.82) is 0 Å². The van der Waals surface area contributed by atoms with Crippen LogP contribution in [0.2, 0.25) is 0 Å². The first-order valence-electron chi connectivity index (χ1n) is 5.46. The van der Waals surface area contributed by atoms with Gasteiger partial charge in [0.2, 0.25) is 0 Å². The molecule has 0 bridgehead atoms. The molecule has 0 N–H and O–H groups in total. The Hall–Kier alpha value is -2.16. The third kappa shape index (κ3) is 2.69. The van der Waals surface area contributed by atoms with E-state index in [9.17, 15) is 4.79 Å². The first kappa shape index (κ1) is 11.3. The summed E-state index contributed by atoms with van der Waals surface area (Å²) in [6, 6.07) is 9.80. The van der Waals surface area contributed by atoms with E-state index in [-0.39, 0.29) is 5.91 Å². The summed E-state index contributed by atoms with van der Waals surface area (Å²) >= 11 is 0. The number of hydrogen-bond acceptors (Lipinski definition) is 2. The Morgan fingerprint density at radius 1 is 1.35 bits per heavy atom. The van der Waals surface area contributed by atoms with Gasteiger partial charge >= 0.3 is 0 Å². The summed E-state index contributed by atoms with van der Waals surface area (Å²) in [6.07, 6.45) is 4.83. The third-order valence-electron chi connectivity index (χ3n) is 2.54. The van der Waals surface area contributed by atoms with Crippen LogP contribution in [-0.4, -0.2) is 15.7 Å². The maximum Gasteiger partial charge on any atom is 0.271 e. The normalized spacial score (nSPS) is 11.5. The molecule has 0 unspecified atom stereocenters. The van der Waals surface area contributed by atoms with Crippen molar-refractivity contribution in [2.45, 2.75) is 13.8 Å². The predicted octanol–water partition coefficient (Wildman–Crippen LogP) is 2.94. The standard InChI is InChI=1S/C14H14N2O/c1-11-5-3-6-13(9-11)12(2)10-14(17)16-8-4-7-15-16/h3-10H,1-2H3/b12-10+. The van der Waals surface area contributed by atoms with Gasteiger partial charge in [-0.1, -0.05) is 29.8 Å². The van der Waals surface area contributed by atoms with Crippen molar-refractivity contribution in [2.75, 3.05) is 0 Å². The van der Waals surface area contributed by atoms with Crippen LogP contribution in [0.3, 0.4) is 0 Å². The Morgan fingerprint density at radius 2 is 2.18 bits per heavy atom. The highest BCUT2D eigenvalue weighted by Gasteiger charge is 2.03. The van der Waals surface area contributed by atoms with Crippen LogP contribution in [-0.2, 0) is 0 Å². The van der Waals surface area contributed by atoms with Gasteiger partial charge in [-0.2, -0.15) is 5.10 Å². The lowest BCUT2D eigenvalue weighted by Gasteiger charge is -2.02. The van der Waals surface area contributed by atoms with E-state index in [0.717, 1.165) is 11.1 Å². The van der Waals surface area contributed by atoms with Gasteiger partial charge in [-0.25, -0.2) is 4.68 Å². The molecule has 0 amide bonds. The Balaban J connectivity index is 2.26. The molecule has 0 saturated heterocycles. The summed E-state index contributed by atoms with van der Waals surface area (Å²) in [5.74, 6) is -0.131. The van der Waals surface area contributed by atoms with Crippen molar-refractivity contribution in [1.82, 2.24) is 9.78 Å². The van der Waals surface area contributed by atoms with Gasteiger partial charge in [0.1, 0.15) is 0 Å². The third-order valence-corrected chi connectivity index (χ3v) is 2.54. The molecule has 0 aliphatic rings. The summed E-state index contributed by atoms with van der Waals surface area (Å²) in [7, 11) is 0. The first-order valence-corrected chi connectivity index (χ1v) is 5.46. The minimum Gasteiger partial charge on any atom is -0.267 e. The van der Waals surface area contributed by atoms with Crippen LogP contribution in [0.25, 0.3) is 5.57 Å². The number of allylic oxidation sites excluding steroid dienone is 2. The molecule has 0 aliphatic heterocycles. The van der Waals surface area contributed by atoms with Crippen molar-refractivity contribution in [3.63, 3.8) is 0 Å². The second-order valence-electron chi connectivity index (χ2n) is 3.99. The van der Waals surface area contributed by atoms with Gasteiger partial charge < -0.3 is 0 Å². The number of aryl methyl sites for hydroxylation is 1. The number of rotatable bonds is 2. The van der Waals surface area contributed by atoms with Crippen molar-refractivity contribution in [3.05, 3.63) is 59.9 Å². The van der Waals surface area contributed by atoms with Crippen molar-refractivity contribution < 1.29 is 4.79 Å². The Kier molecular flexibility index (Phi) is 3.19. The smallest absolute Gasteiger partial charge is 0.267 e. The average molecular weight is 226 g/mol. The number of aromatic nitrogens is 2. The number of carbonyl (C=O) groups is 1. The molecule has 0 aliphatic carbocycles. The second kappa shape index (κ2) is 4.78. The highest BCUT2D eigenvalue weighted by atomic mass is 16.2. The van der Waals surface area contributed by atoms with E-state index in [0.29, 0.717) is 0 Å². The summed E-state index contributed by atoms with van der Waals surface area (Å²) in [6.45, 7) is 3.96. The maximum atomic E-state index is 11.8. The van der Waals surface area contributed by atoms with Gasteiger partial charge in [0.05, 0.1) is 0 Å². The molecule has 2 aromatic rings. The minimum absolute atomic E-state index is 0.131. The summed E-state index contributed by atoms with van der Waals surface area (Å²) in [5, 5.41) is 3.90. The van der Waals surface area contributed by atoms with Gasteiger partial charge in [0.15, 0.2) is 0 Å². The monoisotopic (exact) mass is 226 g/mol. The molecule has 1 heterocycles. The molecule has 17 heavy (non-hydrogen) atoms. The van der Waals surface area contributed by atoms with E-state index < -0.39 is 0 Å². The van der Waals surface area contributed by atoms with Gasteiger partial charge in [0.25, 0.3) is 5.91 Å². The first-order chi connectivity index (χ1) is 8.16. The topological polar surface area (TPSA) is 34.9 Å². The largest absolute Gasteiger partial charge is 0.271 e. The van der Waals surface area contributed by atoms with Crippen LogP contribution in [0.15, 0.2) is 48.8 Å². The zero-order valence-corrected chi connectivity index (χ0v) is 9.92. The van der Waals surface area contributed by atoms with Crippen molar-refractivity contribution in [2.24, 2.45) is 0 Å². The number of nitrogens with zero attached hydrogens (tertiary/aromatic N) is 2. The quantitative estimate of drug-likeness (QED) is 0.738. The molecule has 86 valence electrons. The molecule has 3 heteroatoms. The van der Waals surface area contributed by atoms with E-state index in [2.05, 4.69) is 11.2 Å². The van der Waals surface area contributed by atoms with E-state index in [1.165, 1.54) is 10.2 Å². The fourth-order valence-corrected chi connectivity index (χ4v) is 1.62. The number of hydrogen-bond donors (Lipinski definition) is 0. The molecule has 3 nitrogen and oxygen atoms in total. The molecule has 0 fully saturated rings. The Morgan fingerprint density at radius 3 is 2.82 bits per heavy atom. The zero-order valence-electron chi connectivity index (χ0n) is 9.92. The lowest BCUT2D eigenvalue weighted by molar-refractivity contribution is 0.0955. The minimum atomic E-state index is -0.131. The van der Waals surface area contributed by atoms with Crippen LogP contribution in [0.4, 0.5) is 0 Å². The highest BCUT2D eigenvalue weighted by molar-refractivity contribution is 5.95. The molecule has 1 aromatic heterocycles. The summed E-state index contributed by atoms with van der Waals surface area (Å²) < 4.78 is 1.32. The van der Waals surface area contributed by atoms with Gasteiger partial charge in [0, 0.05) is 18.5 Å². The van der Waals surface area contributed by atoms with Crippen molar-refractivity contribution in [3.8, 4) is 0 Å². The Bertz CT molecular complexity index is 553. The van der Waals surface area contributed by atoms with Crippen LogP contribution in [0.5, 0.6) is 0 Å². The van der Waals surface area contributed by atoms with Crippen LogP contribution in [0, 0.1) is 6.92 Å². The Labute approximate surface area is 100 Å². The predicted molar refractivity (Wildman–Crippen MR) is 67.7 cm³/mol. The van der Waals surface area contributed by atoms with E-state index >= 15 is 0 Å². The maximum absolute atomic E-state index is 11.8. The molecule has 0 saturated carbocycles. The van der Waals surface area contributed by atoms with Crippen LogP contribution < -0.4 is 0 Å². The molecule has 1 aromatic carbocycles. The number of carbonyl (C=O) groups excluding carboxylic acids is 1. The van der Waals surface area contributed by atoms with Gasteiger partial charge in [-0.3, -0.25) is 4.79 Å². The summed E-state index contributed by atoms with van der Waals surface area (Å²) in [4.78, 5) is 11.8. The second-order valence-corrected chi connectivity index (χ2v) is 3.99. The average Bonchev–Trinajstić information content (AvgIpc) is 2.82. The lowest BCUT2D eigenvalue weighted by atomic mass is 10.0. The fraction of sp³-hybridized carbons (Fsp3) is 0.143. The molecular weight excluding hydrogens is 212 g/mol. The molecule has 0 atom stereocenters. The number of benzene rings is 1. The van der Waals surface area contributed by atoms with Crippen LogP contribution in [0.1, 0.15) is 22.8 Å². The van der Waals surface area contributed by atoms with E-state index in [1.807, 2.05) is 32.0 Å². The lowest BCUT2D eigenvalue weighted by Crippen LogP contribution is -2.07. The molecule has 0 spiro atoms. The molecular formula is C14H14N2O. The van der Waals surface area contributed by atoms with E-state index in [1.54, 1.807) is 24.5 Å². The van der Waals surface area contributed by atoms with Gasteiger partial charge in [-0.05, 0) is 31.1 Å². The zero-order chi connectivity index (χ0) is 12.3. The SMILES string of the molecule is C/C(=C\C(=O)n1cccn1)c1cccc(C)c1. The highest BCUT2D eigenvalue weighted by Crippen LogP contribution is 2.15. The van der Waals surface area contributed by atoms with Crippen LogP contribution >= 0.6 is 0 Å². The summed E-state index contributed by atoms with van der Waals surface area (Å²) in [5.41, 5.74) is 3.18. The fourth-order valence-electron chi connectivity index (χ4n) is 1.62.